The Kier molecular flexibility index (Phi) is 6.84. The molecule has 0 spiro atoms. The van der Waals surface area contributed by atoms with Crippen LogP contribution in [0.4, 0.5) is 0 Å². The normalized spacial score (nSPS) is 19.3. The Labute approximate surface area is 150 Å². The minimum Gasteiger partial charge on any atom is -0.493 e. The number of ether oxygens (including phenoxy) is 1. The topological polar surface area (TPSA) is 75.7 Å². The van der Waals surface area contributed by atoms with Gasteiger partial charge < -0.3 is 10.1 Å². The van der Waals surface area contributed by atoms with Crippen LogP contribution in [0.1, 0.15) is 25.8 Å². The highest BCUT2D eigenvalue weighted by molar-refractivity contribution is 7.91. The van der Waals surface area contributed by atoms with Crippen LogP contribution in [0.25, 0.3) is 0 Å². The van der Waals surface area contributed by atoms with Crippen molar-refractivity contribution < 1.29 is 17.9 Å². The van der Waals surface area contributed by atoms with Crippen LogP contribution in [0.15, 0.2) is 24.3 Å². The summed E-state index contributed by atoms with van der Waals surface area (Å²) >= 11 is 0. The van der Waals surface area contributed by atoms with Crippen molar-refractivity contribution >= 4 is 15.7 Å². The number of amides is 1. The SMILES string of the molecule is CC(C)COc1cccc(CNC(=O)CN(C)[C@H]2CCS(=O)(=O)C2)c1. The maximum absolute atomic E-state index is 12.1. The Morgan fingerprint density at radius 1 is 1.40 bits per heavy atom. The van der Waals surface area contributed by atoms with E-state index in [9.17, 15) is 13.2 Å². The molecule has 0 bridgehead atoms. The van der Waals surface area contributed by atoms with Crippen LogP contribution in [-0.2, 0) is 21.2 Å². The van der Waals surface area contributed by atoms with Gasteiger partial charge in [0.1, 0.15) is 5.75 Å². The molecule has 1 atom stereocenters. The van der Waals surface area contributed by atoms with E-state index in [4.69, 9.17) is 4.74 Å². The van der Waals surface area contributed by atoms with Crippen molar-refractivity contribution in [2.45, 2.75) is 32.9 Å². The van der Waals surface area contributed by atoms with E-state index in [1.165, 1.54) is 0 Å². The van der Waals surface area contributed by atoms with Crippen molar-refractivity contribution in [3.8, 4) is 5.75 Å². The van der Waals surface area contributed by atoms with Crippen molar-refractivity contribution in [1.82, 2.24) is 10.2 Å². The average Bonchev–Trinajstić information content (AvgIpc) is 2.91. The van der Waals surface area contributed by atoms with Gasteiger partial charge in [-0.05, 0) is 37.1 Å². The highest BCUT2D eigenvalue weighted by Crippen LogP contribution is 2.16. The molecular formula is C18H28N2O4S. The molecule has 7 heteroatoms. The summed E-state index contributed by atoms with van der Waals surface area (Å²) in [4.78, 5) is 13.9. The molecular weight excluding hydrogens is 340 g/mol. The largest absolute Gasteiger partial charge is 0.493 e. The molecule has 1 fully saturated rings. The van der Waals surface area contributed by atoms with E-state index in [0.717, 1.165) is 11.3 Å². The van der Waals surface area contributed by atoms with Crippen LogP contribution in [0.5, 0.6) is 5.75 Å². The molecule has 1 heterocycles. The second kappa shape index (κ2) is 8.67. The van der Waals surface area contributed by atoms with Crippen molar-refractivity contribution in [3.63, 3.8) is 0 Å². The predicted octanol–water partition coefficient (Wildman–Crippen LogP) is 1.46. The fourth-order valence-corrected chi connectivity index (χ4v) is 4.55. The lowest BCUT2D eigenvalue weighted by Gasteiger charge is -2.22. The van der Waals surface area contributed by atoms with E-state index in [0.29, 0.717) is 25.5 Å². The van der Waals surface area contributed by atoms with Gasteiger partial charge in [-0.2, -0.15) is 0 Å². The highest BCUT2D eigenvalue weighted by Gasteiger charge is 2.31. The third-order valence-corrected chi connectivity index (χ3v) is 5.95. The van der Waals surface area contributed by atoms with Crippen molar-refractivity contribution in [1.29, 1.82) is 0 Å². The maximum atomic E-state index is 12.1. The Hall–Kier alpha value is -1.60. The monoisotopic (exact) mass is 368 g/mol. The lowest BCUT2D eigenvalue weighted by Crippen LogP contribution is -2.41. The van der Waals surface area contributed by atoms with Crippen molar-refractivity contribution in [2.24, 2.45) is 5.92 Å². The molecule has 6 nitrogen and oxygen atoms in total. The molecule has 1 aliphatic heterocycles. The van der Waals surface area contributed by atoms with Gasteiger partial charge in [-0.3, -0.25) is 9.69 Å². The van der Waals surface area contributed by atoms with Gasteiger partial charge >= 0.3 is 0 Å². The lowest BCUT2D eigenvalue weighted by molar-refractivity contribution is -0.122. The molecule has 1 saturated heterocycles. The van der Waals surface area contributed by atoms with Gasteiger partial charge in [0.15, 0.2) is 9.84 Å². The molecule has 0 unspecified atom stereocenters. The summed E-state index contributed by atoms with van der Waals surface area (Å²) < 4.78 is 28.7. The van der Waals surface area contributed by atoms with E-state index in [1.54, 1.807) is 7.05 Å². The minimum absolute atomic E-state index is 0.0662. The molecule has 1 amide bonds. The second-order valence-corrected chi connectivity index (χ2v) is 9.33. The van der Waals surface area contributed by atoms with Crippen LogP contribution in [0.3, 0.4) is 0 Å². The van der Waals surface area contributed by atoms with Crippen LogP contribution in [0.2, 0.25) is 0 Å². The maximum Gasteiger partial charge on any atom is 0.234 e. The number of carbonyl (C=O) groups is 1. The molecule has 140 valence electrons. The number of hydrogen-bond donors (Lipinski definition) is 1. The number of carbonyl (C=O) groups excluding carboxylic acids is 1. The summed E-state index contributed by atoms with van der Waals surface area (Å²) in [7, 11) is -1.14. The second-order valence-electron chi connectivity index (χ2n) is 7.10. The Morgan fingerprint density at radius 2 is 2.16 bits per heavy atom. The lowest BCUT2D eigenvalue weighted by atomic mass is 10.2. The Morgan fingerprint density at radius 3 is 2.80 bits per heavy atom. The molecule has 1 aromatic rings. The molecule has 0 aliphatic carbocycles. The summed E-state index contributed by atoms with van der Waals surface area (Å²) in [5.41, 5.74) is 0.973. The fourth-order valence-electron chi connectivity index (χ4n) is 2.74. The third kappa shape index (κ3) is 6.66. The summed E-state index contributed by atoms with van der Waals surface area (Å²) in [5, 5.41) is 2.88. The number of nitrogens with one attached hydrogen (secondary N) is 1. The number of likely N-dealkylation sites (N-methyl/N-ethyl adjacent to an activating group) is 1. The van der Waals surface area contributed by atoms with Gasteiger partial charge in [0.05, 0.1) is 24.7 Å². The first-order valence-corrected chi connectivity index (χ1v) is 10.5. The molecule has 0 saturated carbocycles. The van der Waals surface area contributed by atoms with E-state index in [1.807, 2.05) is 29.2 Å². The molecule has 1 N–H and O–H groups in total. The number of rotatable bonds is 8. The van der Waals surface area contributed by atoms with Crippen LogP contribution < -0.4 is 10.1 Å². The van der Waals surface area contributed by atoms with Gasteiger partial charge in [0.2, 0.25) is 5.91 Å². The Balaban J connectivity index is 1.79. The van der Waals surface area contributed by atoms with E-state index >= 15 is 0 Å². The first kappa shape index (κ1) is 19.7. The molecule has 2 rings (SSSR count). The van der Waals surface area contributed by atoms with Gasteiger partial charge in [-0.1, -0.05) is 26.0 Å². The highest BCUT2D eigenvalue weighted by atomic mass is 32.2. The zero-order chi connectivity index (χ0) is 18.4. The number of hydrogen-bond acceptors (Lipinski definition) is 5. The Bertz CT molecular complexity index is 688. The third-order valence-electron chi connectivity index (χ3n) is 4.20. The summed E-state index contributed by atoms with van der Waals surface area (Å²) in [6.45, 7) is 5.47. The molecule has 1 aromatic carbocycles. The summed E-state index contributed by atoms with van der Waals surface area (Å²) in [6.07, 6.45) is 0.599. The molecule has 25 heavy (non-hydrogen) atoms. The smallest absolute Gasteiger partial charge is 0.234 e. The predicted molar refractivity (Wildman–Crippen MR) is 98.3 cm³/mol. The van der Waals surface area contributed by atoms with Crippen LogP contribution in [0, 0.1) is 5.92 Å². The zero-order valence-corrected chi connectivity index (χ0v) is 16.0. The van der Waals surface area contributed by atoms with Gasteiger partial charge in [0.25, 0.3) is 0 Å². The van der Waals surface area contributed by atoms with E-state index in [-0.39, 0.29) is 30.0 Å². The van der Waals surface area contributed by atoms with Crippen molar-refractivity contribution in [2.75, 3.05) is 31.7 Å². The van der Waals surface area contributed by atoms with E-state index < -0.39 is 9.84 Å². The standard InChI is InChI=1S/C18H28N2O4S/c1-14(2)12-24-17-6-4-5-15(9-17)10-19-18(21)11-20(3)16-7-8-25(22,23)13-16/h4-6,9,14,16H,7-8,10-13H2,1-3H3,(H,19,21)/t16-/m0/s1. The first-order chi connectivity index (χ1) is 11.7. The van der Waals surface area contributed by atoms with Gasteiger partial charge in [-0.15, -0.1) is 0 Å². The van der Waals surface area contributed by atoms with Crippen LogP contribution >= 0.6 is 0 Å². The number of benzene rings is 1. The average molecular weight is 368 g/mol. The number of nitrogens with zero attached hydrogens (tertiary/aromatic N) is 1. The molecule has 0 aromatic heterocycles. The zero-order valence-electron chi connectivity index (χ0n) is 15.2. The summed E-state index contributed by atoms with van der Waals surface area (Å²) in [6, 6.07) is 7.61. The fraction of sp³-hybridized carbons (Fsp3) is 0.611. The van der Waals surface area contributed by atoms with Gasteiger partial charge in [0, 0.05) is 12.6 Å². The first-order valence-electron chi connectivity index (χ1n) is 8.64. The van der Waals surface area contributed by atoms with Crippen LogP contribution in [-0.4, -0.2) is 57.0 Å². The number of sulfone groups is 1. The summed E-state index contributed by atoms with van der Waals surface area (Å²) in [5.74, 6) is 1.51. The molecule has 0 radical (unpaired) electrons. The molecule has 1 aliphatic rings. The quantitative estimate of drug-likeness (QED) is 0.752. The van der Waals surface area contributed by atoms with Gasteiger partial charge in [-0.25, -0.2) is 8.42 Å². The van der Waals surface area contributed by atoms with E-state index in [2.05, 4.69) is 19.2 Å². The minimum atomic E-state index is -2.94. The van der Waals surface area contributed by atoms with Crippen molar-refractivity contribution in [3.05, 3.63) is 29.8 Å².